The summed E-state index contributed by atoms with van der Waals surface area (Å²) in [5.41, 5.74) is 15.6. The van der Waals surface area contributed by atoms with E-state index in [1.165, 1.54) is 66.8 Å². The van der Waals surface area contributed by atoms with Crippen LogP contribution in [0.1, 0.15) is 72.2 Å². The van der Waals surface area contributed by atoms with E-state index in [9.17, 15) is 0 Å². The highest BCUT2D eigenvalue weighted by molar-refractivity contribution is 5.62. The van der Waals surface area contributed by atoms with Gasteiger partial charge in [-0.25, -0.2) is 0 Å². The van der Waals surface area contributed by atoms with E-state index < -0.39 is 0 Å². The van der Waals surface area contributed by atoms with Crippen molar-refractivity contribution < 1.29 is 0 Å². The summed E-state index contributed by atoms with van der Waals surface area (Å²) < 4.78 is 0. The third-order valence-electron chi connectivity index (χ3n) is 7.41. The first-order chi connectivity index (χ1) is 19.0. The molecule has 0 N–H and O–H groups in total. The smallest absolute Gasteiger partial charge is 0.0195 e. The lowest BCUT2D eigenvalue weighted by molar-refractivity contribution is 1.26. The molecule has 0 heteroatoms. The molecule has 0 saturated carbocycles. The molecule has 2 aromatic rings. The van der Waals surface area contributed by atoms with Gasteiger partial charge < -0.3 is 0 Å². The highest BCUT2D eigenvalue weighted by atomic mass is 14.1. The minimum Gasteiger partial charge on any atom is -0.0620 e. The molecular formula is C40H48. The Morgan fingerprint density at radius 3 is 1.43 bits per heavy atom. The standard InChI is InChI=1S/C40H48/c1-29(17-13-19-31(3)21-26-39-27-25-33(5)36(8)38(39)10)15-11-12-16-30(2)18-14-20-32(4)22-28-40-35(7)24-23-34(6)37(40)9/h11-28H,1-10H3/b12-11+,17-13?,18-14+,26-21?,28-22+,29-15?,30-16+,31-19?,32-20+. The van der Waals surface area contributed by atoms with E-state index >= 15 is 0 Å². The number of allylic oxidation sites excluding steroid dienone is 16. The van der Waals surface area contributed by atoms with Crippen LogP contribution in [0.25, 0.3) is 12.2 Å². The van der Waals surface area contributed by atoms with Crippen LogP contribution in [-0.4, -0.2) is 0 Å². The third kappa shape index (κ3) is 10.7. The molecule has 208 valence electrons. The molecular weight excluding hydrogens is 480 g/mol. The van der Waals surface area contributed by atoms with Gasteiger partial charge >= 0.3 is 0 Å². The molecule has 0 amide bonds. The number of benzene rings is 2. The average Bonchev–Trinajstić information content (AvgIpc) is 2.91. The Labute approximate surface area is 245 Å². The Balaban J connectivity index is 1.90. The number of rotatable bonds is 10. The van der Waals surface area contributed by atoms with Crippen LogP contribution < -0.4 is 0 Å². The molecule has 0 aliphatic carbocycles. The molecule has 40 heavy (non-hydrogen) atoms. The number of hydrogen-bond donors (Lipinski definition) is 0. The highest BCUT2D eigenvalue weighted by Crippen LogP contribution is 2.20. The van der Waals surface area contributed by atoms with Gasteiger partial charge in [-0.15, -0.1) is 0 Å². The average molecular weight is 529 g/mol. The molecule has 0 nitrogen and oxygen atoms in total. The summed E-state index contributed by atoms with van der Waals surface area (Å²) in [5, 5.41) is 0. The van der Waals surface area contributed by atoms with Crippen LogP contribution in [0.4, 0.5) is 0 Å². The lowest BCUT2D eigenvalue weighted by atomic mass is 9.97. The summed E-state index contributed by atoms with van der Waals surface area (Å²) >= 11 is 0. The monoisotopic (exact) mass is 528 g/mol. The van der Waals surface area contributed by atoms with E-state index in [0.29, 0.717) is 0 Å². The highest BCUT2D eigenvalue weighted by Gasteiger charge is 2.02. The topological polar surface area (TPSA) is 0 Å². The summed E-state index contributed by atoms with van der Waals surface area (Å²) in [6.07, 6.45) is 30.1. The Morgan fingerprint density at radius 2 is 0.850 bits per heavy atom. The van der Waals surface area contributed by atoms with E-state index in [1.54, 1.807) is 0 Å². The van der Waals surface area contributed by atoms with Crippen LogP contribution >= 0.6 is 0 Å². The van der Waals surface area contributed by atoms with Crippen LogP contribution in [0.2, 0.25) is 0 Å². The van der Waals surface area contributed by atoms with E-state index in [-0.39, 0.29) is 0 Å². The number of aryl methyl sites for hydroxylation is 3. The second kappa shape index (κ2) is 16.3. The van der Waals surface area contributed by atoms with E-state index in [2.05, 4.69) is 179 Å². The zero-order valence-electron chi connectivity index (χ0n) is 26.4. The van der Waals surface area contributed by atoms with Crippen LogP contribution in [0.15, 0.2) is 119 Å². The summed E-state index contributed by atoms with van der Waals surface area (Å²) in [6, 6.07) is 8.78. The molecule has 0 aromatic heterocycles. The molecule has 0 aliphatic rings. The number of hydrogen-bond acceptors (Lipinski definition) is 0. The quantitative estimate of drug-likeness (QED) is 0.269. The van der Waals surface area contributed by atoms with Gasteiger partial charge in [0.15, 0.2) is 0 Å². The molecule has 0 radical (unpaired) electrons. The zero-order valence-corrected chi connectivity index (χ0v) is 26.4. The molecule has 2 rings (SSSR count). The largest absolute Gasteiger partial charge is 0.0620 e. The van der Waals surface area contributed by atoms with Gasteiger partial charge in [-0.05, 0) is 114 Å². The minimum absolute atomic E-state index is 1.21. The van der Waals surface area contributed by atoms with Crippen molar-refractivity contribution in [3.8, 4) is 0 Å². The predicted octanol–water partition coefficient (Wildman–Crippen LogP) is 11.7. The summed E-state index contributed by atoms with van der Waals surface area (Å²) in [4.78, 5) is 0. The lowest BCUT2D eigenvalue weighted by Gasteiger charge is -2.08. The normalized spacial score (nSPS) is 14.3. The van der Waals surface area contributed by atoms with Gasteiger partial charge in [-0.1, -0.05) is 132 Å². The van der Waals surface area contributed by atoms with Gasteiger partial charge in [0.1, 0.15) is 0 Å². The second-order valence-electron chi connectivity index (χ2n) is 10.9. The molecule has 2 aromatic carbocycles. The fourth-order valence-corrected chi connectivity index (χ4v) is 4.16. The summed E-state index contributed by atoms with van der Waals surface area (Å²) in [7, 11) is 0. The van der Waals surface area contributed by atoms with Gasteiger partial charge in [-0.3, -0.25) is 0 Å². The van der Waals surface area contributed by atoms with Gasteiger partial charge in [-0.2, -0.15) is 0 Å². The molecule has 0 spiro atoms. The van der Waals surface area contributed by atoms with E-state index in [0.717, 1.165) is 0 Å². The van der Waals surface area contributed by atoms with Crippen molar-refractivity contribution in [2.75, 3.05) is 0 Å². The molecule has 0 fully saturated rings. The second-order valence-corrected chi connectivity index (χ2v) is 10.9. The maximum absolute atomic E-state index is 2.23. The molecule has 0 bridgehead atoms. The Hall–Kier alpha value is -3.90. The van der Waals surface area contributed by atoms with Crippen LogP contribution in [0.3, 0.4) is 0 Å². The predicted molar refractivity (Wildman–Crippen MR) is 182 cm³/mol. The maximum Gasteiger partial charge on any atom is -0.0195 e. The van der Waals surface area contributed by atoms with Crippen molar-refractivity contribution in [1.82, 2.24) is 0 Å². The van der Waals surface area contributed by atoms with E-state index in [4.69, 9.17) is 0 Å². The molecule has 0 aliphatic heterocycles. The van der Waals surface area contributed by atoms with E-state index in [1.807, 2.05) is 0 Å². The van der Waals surface area contributed by atoms with Crippen LogP contribution in [0.5, 0.6) is 0 Å². The van der Waals surface area contributed by atoms with Crippen molar-refractivity contribution in [3.63, 3.8) is 0 Å². The first kappa shape index (κ1) is 32.3. The van der Waals surface area contributed by atoms with Crippen molar-refractivity contribution in [3.05, 3.63) is 164 Å². The summed E-state index contributed by atoms with van der Waals surface area (Å²) in [5.74, 6) is 0. The van der Waals surface area contributed by atoms with Gasteiger partial charge in [0, 0.05) is 0 Å². The van der Waals surface area contributed by atoms with Gasteiger partial charge in [0.05, 0.1) is 0 Å². The fourth-order valence-electron chi connectivity index (χ4n) is 4.16. The first-order valence-electron chi connectivity index (χ1n) is 14.2. The Morgan fingerprint density at radius 1 is 0.425 bits per heavy atom. The first-order valence-corrected chi connectivity index (χ1v) is 14.2. The van der Waals surface area contributed by atoms with Crippen molar-refractivity contribution >= 4 is 12.2 Å². The Bertz CT molecular complexity index is 1450. The fraction of sp³-hybridized carbons (Fsp3) is 0.250. The van der Waals surface area contributed by atoms with Crippen LogP contribution in [0, 0.1) is 41.5 Å². The summed E-state index contributed by atoms with van der Waals surface area (Å²) in [6.45, 7) is 21.6. The molecule has 0 heterocycles. The lowest BCUT2D eigenvalue weighted by Crippen LogP contribution is -1.89. The van der Waals surface area contributed by atoms with Gasteiger partial charge in [0.25, 0.3) is 0 Å². The van der Waals surface area contributed by atoms with Crippen molar-refractivity contribution in [1.29, 1.82) is 0 Å². The zero-order chi connectivity index (χ0) is 29.7. The molecule has 0 saturated heterocycles. The minimum atomic E-state index is 1.21. The molecule has 0 unspecified atom stereocenters. The van der Waals surface area contributed by atoms with Gasteiger partial charge in [0.2, 0.25) is 0 Å². The Kier molecular flexibility index (Phi) is 13.1. The molecule has 0 atom stereocenters. The maximum atomic E-state index is 2.23. The van der Waals surface area contributed by atoms with Crippen molar-refractivity contribution in [2.24, 2.45) is 0 Å². The third-order valence-corrected chi connectivity index (χ3v) is 7.41. The van der Waals surface area contributed by atoms with Crippen LogP contribution in [-0.2, 0) is 0 Å². The SMILES string of the molecule is CC(C=Cc1ccc(C)c(C)c1C)=CC=CC(C)=C/C=C/C=C(C)/C=C/C=C(C)/C=C/c1c(C)ccc(C)c1C. The van der Waals surface area contributed by atoms with Crippen molar-refractivity contribution in [2.45, 2.75) is 69.2 Å².